The summed E-state index contributed by atoms with van der Waals surface area (Å²) in [6, 6.07) is 5.87. The maximum atomic E-state index is 13.5. The predicted octanol–water partition coefficient (Wildman–Crippen LogP) is 2.73. The van der Waals surface area contributed by atoms with Crippen molar-refractivity contribution in [2.75, 3.05) is 0 Å². The molecule has 0 atom stereocenters. The molecule has 0 N–H and O–H groups in total. The number of carbonyl (C=O) groups is 1. The number of ether oxygens (including phenoxy) is 1. The lowest BCUT2D eigenvalue weighted by atomic mass is 10.3. The number of hydrogen-bond donors (Lipinski definition) is 0. The number of pyridine rings is 1. The van der Waals surface area contributed by atoms with E-state index in [0.29, 0.717) is 11.8 Å². The molecular formula is C12H7FN2O4. The van der Waals surface area contributed by atoms with E-state index < -0.39 is 10.7 Å². The van der Waals surface area contributed by atoms with Crippen LogP contribution in [0.1, 0.15) is 10.4 Å². The van der Waals surface area contributed by atoms with Gasteiger partial charge in [0.05, 0.1) is 11.0 Å². The molecule has 1 heterocycles. The molecular weight excluding hydrogens is 255 g/mol. The molecule has 1 aromatic heterocycles. The Morgan fingerprint density at radius 3 is 2.63 bits per heavy atom. The van der Waals surface area contributed by atoms with Crippen LogP contribution in [0.5, 0.6) is 11.6 Å². The minimum Gasteiger partial charge on any atom is -0.436 e. The van der Waals surface area contributed by atoms with Gasteiger partial charge in [0.1, 0.15) is 0 Å². The maximum Gasteiger partial charge on any atom is 0.272 e. The number of rotatable bonds is 4. The summed E-state index contributed by atoms with van der Waals surface area (Å²) >= 11 is 0. The molecule has 0 saturated heterocycles. The summed E-state index contributed by atoms with van der Waals surface area (Å²) in [7, 11) is 0. The van der Waals surface area contributed by atoms with Crippen molar-refractivity contribution in [3.63, 3.8) is 0 Å². The van der Waals surface area contributed by atoms with Gasteiger partial charge in [0.2, 0.25) is 5.88 Å². The molecule has 0 saturated carbocycles. The van der Waals surface area contributed by atoms with Gasteiger partial charge in [-0.05, 0) is 12.1 Å². The summed E-state index contributed by atoms with van der Waals surface area (Å²) in [5.41, 5.74) is -0.00867. The Hall–Kier alpha value is -2.83. The monoisotopic (exact) mass is 262 g/mol. The quantitative estimate of drug-likeness (QED) is 0.480. The lowest BCUT2D eigenvalue weighted by molar-refractivity contribution is -0.385. The number of halogens is 1. The van der Waals surface area contributed by atoms with Crippen molar-refractivity contribution in [1.82, 2.24) is 4.98 Å². The number of hydrogen-bond acceptors (Lipinski definition) is 5. The minimum absolute atomic E-state index is 0.0818. The average molecular weight is 262 g/mol. The zero-order chi connectivity index (χ0) is 13.8. The van der Waals surface area contributed by atoms with E-state index in [2.05, 4.69) is 4.98 Å². The Kier molecular flexibility index (Phi) is 3.46. The van der Waals surface area contributed by atoms with Crippen molar-refractivity contribution >= 4 is 12.0 Å². The average Bonchev–Trinajstić information content (AvgIpc) is 2.41. The van der Waals surface area contributed by atoms with Gasteiger partial charge in [-0.2, -0.15) is 0 Å². The van der Waals surface area contributed by atoms with Gasteiger partial charge in [-0.1, -0.05) is 0 Å². The molecule has 0 unspecified atom stereocenters. The number of benzene rings is 1. The number of aromatic nitrogens is 1. The summed E-state index contributed by atoms with van der Waals surface area (Å²) in [6.45, 7) is 0. The van der Waals surface area contributed by atoms with Crippen molar-refractivity contribution in [1.29, 1.82) is 0 Å². The number of aldehydes is 1. The molecule has 6 nitrogen and oxygen atoms in total. The van der Waals surface area contributed by atoms with Gasteiger partial charge < -0.3 is 4.74 Å². The fraction of sp³-hybridized carbons (Fsp3) is 0. The number of carbonyl (C=O) groups excluding carboxylic acids is 1. The molecule has 0 aliphatic heterocycles. The summed E-state index contributed by atoms with van der Waals surface area (Å²) < 4.78 is 18.6. The lowest BCUT2D eigenvalue weighted by Gasteiger charge is -2.05. The number of non-ortho nitro benzene ring substituents is 1. The maximum absolute atomic E-state index is 13.5. The summed E-state index contributed by atoms with van der Waals surface area (Å²) in [6.07, 6.45) is 1.88. The molecule has 19 heavy (non-hydrogen) atoms. The molecule has 2 aromatic rings. The normalized spacial score (nSPS) is 9.95. The minimum atomic E-state index is -0.865. The van der Waals surface area contributed by atoms with Crippen LogP contribution in [0.15, 0.2) is 36.5 Å². The molecule has 0 aliphatic rings. The second-order valence-corrected chi connectivity index (χ2v) is 3.52. The molecule has 0 aliphatic carbocycles. The van der Waals surface area contributed by atoms with Gasteiger partial charge in [0, 0.05) is 23.9 Å². The molecule has 1 aromatic carbocycles. The van der Waals surface area contributed by atoms with Crippen LogP contribution in [0.4, 0.5) is 10.1 Å². The van der Waals surface area contributed by atoms with Crippen LogP contribution < -0.4 is 4.74 Å². The highest BCUT2D eigenvalue weighted by atomic mass is 19.1. The fourth-order valence-corrected chi connectivity index (χ4v) is 1.32. The third-order valence-electron chi connectivity index (χ3n) is 2.24. The SMILES string of the molecule is O=Cc1ccc(Oc2ccc([N+](=O)[O-])cc2F)nc1. The van der Waals surface area contributed by atoms with E-state index in [1.807, 2.05) is 0 Å². The highest BCUT2D eigenvalue weighted by Crippen LogP contribution is 2.26. The Bertz CT molecular complexity index is 628. The zero-order valence-corrected chi connectivity index (χ0v) is 9.45. The standard InChI is InChI=1S/C12H7FN2O4/c13-10-5-9(15(17)18)2-3-11(10)19-12-4-1-8(7-16)6-14-12/h1-7H. The second kappa shape index (κ2) is 5.21. The Morgan fingerprint density at radius 2 is 2.11 bits per heavy atom. The van der Waals surface area contributed by atoms with Crippen LogP contribution >= 0.6 is 0 Å². The smallest absolute Gasteiger partial charge is 0.272 e. The van der Waals surface area contributed by atoms with Crippen LogP contribution in [0.25, 0.3) is 0 Å². The first-order valence-corrected chi connectivity index (χ1v) is 5.13. The molecule has 0 radical (unpaired) electrons. The van der Waals surface area contributed by atoms with Gasteiger partial charge in [-0.3, -0.25) is 14.9 Å². The van der Waals surface area contributed by atoms with E-state index in [1.165, 1.54) is 18.3 Å². The highest BCUT2D eigenvalue weighted by molar-refractivity contribution is 5.74. The Balaban J connectivity index is 2.22. The largest absolute Gasteiger partial charge is 0.436 e. The van der Waals surface area contributed by atoms with Gasteiger partial charge in [-0.25, -0.2) is 9.37 Å². The first-order valence-electron chi connectivity index (χ1n) is 5.13. The van der Waals surface area contributed by atoms with E-state index >= 15 is 0 Å². The summed E-state index contributed by atoms with van der Waals surface area (Å²) in [5.74, 6) is -0.967. The number of nitro benzene ring substituents is 1. The van der Waals surface area contributed by atoms with Crippen molar-refractivity contribution in [3.8, 4) is 11.6 Å². The van der Waals surface area contributed by atoms with Crippen molar-refractivity contribution in [2.24, 2.45) is 0 Å². The zero-order valence-electron chi connectivity index (χ0n) is 9.45. The molecule has 7 heteroatoms. The second-order valence-electron chi connectivity index (χ2n) is 3.52. The van der Waals surface area contributed by atoms with E-state index in [0.717, 1.165) is 18.2 Å². The van der Waals surface area contributed by atoms with Crippen LogP contribution in [0, 0.1) is 15.9 Å². The van der Waals surface area contributed by atoms with E-state index in [-0.39, 0.29) is 17.3 Å². The lowest BCUT2D eigenvalue weighted by Crippen LogP contribution is -1.94. The fourth-order valence-electron chi connectivity index (χ4n) is 1.32. The Labute approximate surface area is 106 Å². The predicted molar refractivity (Wildman–Crippen MR) is 62.8 cm³/mol. The van der Waals surface area contributed by atoms with E-state index in [4.69, 9.17) is 4.74 Å². The Morgan fingerprint density at radius 1 is 1.32 bits per heavy atom. The molecule has 0 fully saturated rings. The first kappa shape index (κ1) is 12.6. The van der Waals surface area contributed by atoms with Crippen LogP contribution in [0.2, 0.25) is 0 Å². The van der Waals surface area contributed by atoms with E-state index in [9.17, 15) is 19.3 Å². The number of nitro groups is 1. The van der Waals surface area contributed by atoms with Crippen molar-refractivity contribution < 1.29 is 18.8 Å². The van der Waals surface area contributed by atoms with Gasteiger partial charge in [0.15, 0.2) is 17.9 Å². The van der Waals surface area contributed by atoms with Crippen molar-refractivity contribution in [2.45, 2.75) is 0 Å². The molecule has 2 rings (SSSR count). The topological polar surface area (TPSA) is 82.3 Å². The van der Waals surface area contributed by atoms with Crippen LogP contribution in [0.3, 0.4) is 0 Å². The van der Waals surface area contributed by atoms with Crippen molar-refractivity contribution in [3.05, 3.63) is 58.0 Å². The molecule has 0 spiro atoms. The summed E-state index contributed by atoms with van der Waals surface area (Å²) in [5, 5.41) is 10.4. The third kappa shape index (κ3) is 2.89. The molecule has 96 valence electrons. The third-order valence-corrected chi connectivity index (χ3v) is 2.24. The van der Waals surface area contributed by atoms with Crippen LogP contribution in [-0.2, 0) is 0 Å². The number of nitrogens with zero attached hydrogens (tertiary/aromatic N) is 2. The first-order chi connectivity index (χ1) is 9.10. The highest BCUT2D eigenvalue weighted by Gasteiger charge is 2.12. The van der Waals surface area contributed by atoms with Crippen LogP contribution in [-0.4, -0.2) is 16.2 Å². The van der Waals surface area contributed by atoms with Gasteiger partial charge in [0.25, 0.3) is 5.69 Å². The van der Waals surface area contributed by atoms with E-state index in [1.54, 1.807) is 0 Å². The van der Waals surface area contributed by atoms with Gasteiger partial charge in [-0.15, -0.1) is 0 Å². The molecule has 0 amide bonds. The summed E-state index contributed by atoms with van der Waals surface area (Å²) in [4.78, 5) is 24.0. The van der Waals surface area contributed by atoms with Gasteiger partial charge >= 0.3 is 0 Å². The molecule has 0 bridgehead atoms.